The molecule has 0 saturated carbocycles. The zero-order chi connectivity index (χ0) is 20.8. The molecule has 6 nitrogen and oxygen atoms in total. The van der Waals surface area contributed by atoms with Crippen LogP contribution in [0.2, 0.25) is 5.02 Å². The lowest BCUT2D eigenvalue weighted by Crippen LogP contribution is -2.39. The first kappa shape index (κ1) is 20.9. The molecule has 0 spiro atoms. The molecule has 0 radical (unpaired) electrons. The highest BCUT2D eigenvalue weighted by atomic mass is 35.5. The SMILES string of the molecule is CCc1ccccc1OCC(=O)N(Cc1nnc(-c2ccccc2Cl)o1)C(C)C. The molecule has 1 amide bonds. The maximum absolute atomic E-state index is 12.8. The predicted molar refractivity (Wildman–Crippen MR) is 112 cm³/mol. The second-order valence-corrected chi connectivity index (χ2v) is 7.25. The van der Waals surface area contributed by atoms with Gasteiger partial charge in [-0.2, -0.15) is 0 Å². The van der Waals surface area contributed by atoms with Crippen LogP contribution in [0.5, 0.6) is 5.75 Å². The summed E-state index contributed by atoms with van der Waals surface area (Å²) in [7, 11) is 0. The van der Waals surface area contributed by atoms with Gasteiger partial charge in [0.15, 0.2) is 6.61 Å². The van der Waals surface area contributed by atoms with E-state index in [2.05, 4.69) is 17.1 Å². The Morgan fingerprint density at radius 3 is 2.59 bits per heavy atom. The molecule has 29 heavy (non-hydrogen) atoms. The van der Waals surface area contributed by atoms with Gasteiger partial charge in [0, 0.05) is 6.04 Å². The minimum atomic E-state index is -0.150. The van der Waals surface area contributed by atoms with Crippen LogP contribution >= 0.6 is 11.6 Å². The summed E-state index contributed by atoms with van der Waals surface area (Å²) in [6, 6.07) is 14.9. The number of nitrogens with zero attached hydrogens (tertiary/aromatic N) is 3. The van der Waals surface area contributed by atoms with Gasteiger partial charge in [-0.1, -0.05) is 48.9 Å². The Hall–Kier alpha value is -2.86. The zero-order valence-corrected chi connectivity index (χ0v) is 17.5. The van der Waals surface area contributed by atoms with Crippen LogP contribution in [0.25, 0.3) is 11.5 Å². The van der Waals surface area contributed by atoms with Crippen LogP contribution in [0.3, 0.4) is 0 Å². The molecule has 0 atom stereocenters. The normalized spacial score (nSPS) is 10.9. The van der Waals surface area contributed by atoms with Crippen molar-refractivity contribution in [2.24, 2.45) is 0 Å². The van der Waals surface area contributed by atoms with Crippen LogP contribution in [-0.2, 0) is 17.8 Å². The number of aryl methyl sites for hydroxylation is 1. The van der Waals surface area contributed by atoms with E-state index in [0.29, 0.717) is 22.4 Å². The average Bonchev–Trinajstić information content (AvgIpc) is 3.19. The summed E-state index contributed by atoms with van der Waals surface area (Å²) in [5.41, 5.74) is 1.73. The number of amides is 1. The van der Waals surface area contributed by atoms with Crippen molar-refractivity contribution in [2.45, 2.75) is 39.8 Å². The third kappa shape index (κ3) is 5.15. The molecule has 0 unspecified atom stereocenters. The van der Waals surface area contributed by atoms with Crippen LogP contribution in [-0.4, -0.2) is 33.7 Å². The predicted octanol–water partition coefficient (Wildman–Crippen LogP) is 4.77. The van der Waals surface area contributed by atoms with Gasteiger partial charge < -0.3 is 14.1 Å². The minimum Gasteiger partial charge on any atom is -0.483 e. The second-order valence-electron chi connectivity index (χ2n) is 6.85. The summed E-state index contributed by atoms with van der Waals surface area (Å²) < 4.78 is 11.5. The maximum atomic E-state index is 12.8. The van der Waals surface area contributed by atoms with Gasteiger partial charge >= 0.3 is 0 Å². The topological polar surface area (TPSA) is 68.5 Å². The standard InChI is InChI=1S/C22H24ClN3O3/c1-4-16-9-5-8-12-19(16)28-14-21(27)26(15(2)3)13-20-24-25-22(29-20)17-10-6-7-11-18(17)23/h5-12,15H,4,13-14H2,1-3H3. The lowest BCUT2D eigenvalue weighted by Gasteiger charge is -2.25. The second kappa shape index (κ2) is 9.56. The van der Waals surface area contributed by atoms with Crippen molar-refractivity contribution in [1.82, 2.24) is 15.1 Å². The number of halogens is 1. The number of rotatable bonds is 8. The number of benzene rings is 2. The van der Waals surface area contributed by atoms with E-state index in [1.807, 2.05) is 56.3 Å². The number of carbonyl (C=O) groups is 1. The molecular formula is C22H24ClN3O3. The Balaban J connectivity index is 1.69. The summed E-state index contributed by atoms with van der Waals surface area (Å²) in [6.45, 7) is 6.07. The van der Waals surface area contributed by atoms with Gasteiger partial charge in [0.25, 0.3) is 5.91 Å². The van der Waals surface area contributed by atoms with E-state index < -0.39 is 0 Å². The van der Waals surface area contributed by atoms with Crippen LogP contribution in [0.1, 0.15) is 32.2 Å². The Morgan fingerprint density at radius 2 is 1.86 bits per heavy atom. The molecule has 0 N–H and O–H groups in total. The van der Waals surface area contributed by atoms with E-state index in [0.717, 1.165) is 17.7 Å². The molecule has 0 bridgehead atoms. The molecule has 1 aromatic heterocycles. The molecule has 0 saturated heterocycles. The van der Waals surface area contributed by atoms with Crippen molar-refractivity contribution < 1.29 is 13.9 Å². The Bertz CT molecular complexity index is 971. The van der Waals surface area contributed by atoms with E-state index in [1.54, 1.807) is 11.0 Å². The van der Waals surface area contributed by atoms with E-state index in [-0.39, 0.29) is 25.1 Å². The molecule has 0 aliphatic rings. The fraction of sp³-hybridized carbons (Fsp3) is 0.318. The summed E-state index contributed by atoms with van der Waals surface area (Å²) >= 11 is 6.19. The van der Waals surface area contributed by atoms with Crippen molar-refractivity contribution in [3.8, 4) is 17.2 Å². The molecule has 3 rings (SSSR count). The first-order chi connectivity index (χ1) is 14.0. The van der Waals surface area contributed by atoms with Gasteiger partial charge in [0.05, 0.1) is 17.1 Å². The van der Waals surface area contributed by atoms with Gasteiger partial charge in [-0.25, -0.2) is 0 Å². The van der Waals surface area contributed by atoms with Crippen molar-refractivity contribution in [2.75, 3.05) is 6.61 Å². The first-order valence-electron chi connectivity index (χ1n) is 9.57. The Kier molecular flexibility index (Phi) is 6.88. The minimum absolute atomic E-state index is 0.0526. The Morgan fingerprint density at radius 1 is 1.14 bits per heavy atom. The maximum Gasteiger partial charge on any atom is 0.261 e. The zero-order valence-electron chi connectivity index (χ0n) is 16.8. The van der Waals surface area contributed by atoms with Gasteiger partial charge in [-0.3, -0.25) is 4.79 Å². The fourth-order valence-corrected chi connectivity index (χ4v) is 3.14. The molecule has 7 heteroatoms. The quantitative estimate of drug-likeness (QED) is 0.532. The van der Waals surface area contributed by atoms with Crippen LogP contribution < -0.4 is 4.74 Å². The number of carbonyl (C=O) groups excluding carboxylic acids is 1. The molecule has 1 heterocycles. The van der Waals surface area contributed by atoms with Gasteiger partial charge in [-0.05, 0) is 44.0 Å². The summed E-state index contributed by atoms with van der Waals surface area (Å²) in [6.07, 6.45) is 0.838. The smallest absolute Gasteiger partial charge is 0.261 e. The largest absolute Gasteiger partial charge is 0.483 e. The summed E-state index contributed by atoms with van der Waals surface area (Å²) in [5, 5.41) is 8.67. The highest BCUT2D eigenvalue weighted by Crippen LogP contribution is 2.26. The number of para-hydroxylation sites is 1. The first-order valence-corrected chi connectivity index (χ1v) is 9.94. The van der Waals surface area contributed by atoms with Crippen LogP contribution in [0.15, 0.2) is 52.9 Å². The van der Waals surface area contributed by atoms with Crippen LogP contribution in [0.4, 0.5) is 0 Å². The lowest BCUT2D eigenvalue weighted by molar-refractivity contribution is -0.136. The van der Waals surface area contributed by atoms with Gasteiger partial charge in [0.2, 0.25) is 11.8 Å². The molecule has 0 aliphatic carbocycles. The fourth-order valence-electron chi connectivity index (χ4n) is 2.92. The monoisotopic (exact) mass is 413 g/mol. The number of hydrogen-bond acceptors (Lipinski definition) is 5. The van der Waals surface area contributed by atoms with Crippen molar-refractivity contribution in [3.63, 3.8) is 0 Å². The third-order valence-electron chi connectivity index (χ3n) is 4.53. The van der Waals surface area contributed by atoms with E-state index in [1.165, 1.54) is 0 Å². The van der Waals surface area contributed by atoms with Crippen LogP contribution in [0, 0.1) is 0 Å². The van der Waals surface area contributed by atoms with Gasteiger partial charge in [0.1, 0.15) is 5.75 Å². The van der Waals surface area contributed by atoms with Crippen molar-refractivity contribution in [1.29, 1.82) is 0 Å². The molecule has 152 valence electrons. The van der Waals surface area contributed by atoms with Crippen molar-refractivity contribution in [3.05, 3.63) is 65.0 Å². The summed E-state index contributed by atoms with van der Waals surface area (Å²) in [5.74, 6) is 1.25. The molecule has 0 fully saturated rings. The number of ether oxygens (including phenoxy) is 1. The highest BCUT2D eigenvalue weighted by Gasteiger charge is 2.22. The number of hydrogen-bond donors (Lipinski definition) is 0. The van der Waals surface area contributed by atoms with Gasteiger partial charge in [-0.15, -0.1) is 10.2 Å². The van der Waals surface area contributed by atoms with E-state index in [9.17, 15) is 4.79 Å². The third-order valence-corrected chi connectivity index (χ3v) is 4.85. The summed E-state index contributed by atoms with van der Waals surface area (Å²) in [4.78, 5) is 14.4. The van der Waals surface area contributed by atoms with E-state index in [4.69, 9.17) is 20.8 Å². The molecular weight excluding hydrogens is 390 g/mol. The van der Waals surface area contributed by atoms with Crippen molar-refractivity contribution >= 4 is 17.5 Å². The number of aromatic nitrogens is 2. The molecule has 2 aromatic carbocycles. The lowest BCUT2D eigenvalue weighted by atomic mass is 10.1. The average molecular weight is 414 g/mol. The highest BCUT2D eigenvalue weighted by molar-refractivity contribution is 6.33. The molecule has 3 aromatic rings. The van der Waals surface area contributed by atoms with E-state index >= 15 is 0 Å². The molecule has 0 aliphatic heterocycles. The Labute approximate surface area is 175 Å².